The SMILES string of the molecule is CC(Sc1nnc(-c2ccc(C(C)(C)C)cc2)n1Cc1ccccc1)C(=O)NC(=O)NC1CC1. The number of thioether (sulfide) groups is 1. The number of nitrogens with one attached hydrogen (secondary N) is 2. The molecule has 1 fully saturated rings. The minimum absolute atomic E-state index is 0.0614. The first kappa shape index (κ1) is 24.0. The third-order valence-electron chi connectivity index (χ3n) is 5.71. The van der Waals surface area contributed by atoms with Crippen LogP contribution in [0.25, 0.3) is 11.4 Å². The molecule has 1 unspecified atom stereocenters. The predicted octanol–water partition coefficient (Wildman–Crippen LogP) is 4.76. The summed E-state index contributed by atoms with van der Waals surface area (Å²) in [6.45, 7) is 8.90. The monoisotopic (exact) mass is 477 g/mol. The fraction of sp³-hybridized carbons (Fsp3) is 0.385. The van der Waals surface area contributed by atoms with Gasteiger partial charge >= 0.3 is 6.03 Å². The molecule has 1 heterocycles. The lowest BCUT2D eigenvalue weighted by Gasteiger charge is -2.19. The van der Waals surface area contributed by atoms with E-state index in [9.17, 15) is 9.59 Å². The molecular formula is C26H31N5O2S. The van der Waals surface area contributed by atoms with Crippen LogP contribution in [0.1, 0.15) is 51.7 Å². The first-order valence-electron chi connectivity index (χ1n) is 11.6. The van der Waals surface area contributed by atoms with Crippen LogP contribution in [-0.4, -0.2) is 38.0 Å². The Hall–Kier alpha value is -3.13. The van der Waals surface area contributed by atoms with Crippen molar-refractivity contribution in [1.82, 2.24) is 25.4 Å². The molecule has 0 bridgehead atoms. The normalized spacial score (nSPS) is 14.5. The molecule has 3 amide bonds. The van der Waals surface area contributed by atoms with E-state index in [0.717, 1.165) is 29.8 Å². The number of aromatic nitrogens is 3. The van der Waals surface area contributed by atoms with Crippen LogP contribution in [0, 0.1) is 0 Å². The molecule has 0 spiro atoms. The van der Waals surface area contributed by atoms with Crippen LogP contribution in [0.2, 0.25) is 0 Å². The average Bonchev–Trinajstić information content (AvgIpc) is 3.53. The molecule has 4 rings (SSSR count). The van der Waals surface area contributed by atoms with E-state index in [1.807, 2.05) is 22.8 Å². The Bertz CT molecular complexity index is 1150. The van der Waals surface area contributed by atoms with Gasteiger partial charge in [0.2, 0.25) is 5.91 Å². The Kier molecular flexibility index (Phi) is 7.07. The van der Waals surface area contributed by atoms with E-state index in [-0.39, 0.29) is 17.4 Å². The van der Waals surface area contributed by atoms with Crippen LogP contribution in [0.5, 0.6) is 0 Å². The maximum Gasteiger partial charge on any atom is 0.321 e. The lowest BCUT2D eigenvalue weighted by molar-refractivity contribution is -0.119. The molecule has 0 saturated heterocycles. The van der Waals surface area contributed by atoms with Crippen molar-refractivity contribution in [1.29, 1.82) is 0 Å². The molecule has 2 aromatic carbocycles. The van der Waals surface area contributed by atoms with Crippen LogP contribution >= 0.6 is 11.8 Å². The van der Waals surface area contributed by atoms with Gasteiger partial charge in [0.25, 0.3) is 0 Å². The number of nitrogens with zero attached hydrogens (tertiary/aromatic N) is 3. The Morgan fingerprint density at radius 1 is 1.06 bits per heavy atom. The number of hydrogen-bond acceptors (Lipinski definition) is 5. The minimum Gasteiger partial charge on any atom is -0.335 e. The first-order chi connectivity index (χ1) is 16.2. The highest BCUT2D eigenvalue weighted by Crippen LogP contribution is 2.30. The number of carbonyl (C=O) groups is 2. The first-order valence-corrected chi connectivity index (χ1v) is 12.4. The Morgan fingerprint density at radius 3 is 2.35 bits per heavy atom. The number of imide groups is 1. The van der Waals surface area contributed by atoms with Gasteiger partial charge in [0.1, 0.15) is 0 Å². The maximum absolute atomic E-state index is 12.6. The van der Waals surface area contributed by atoms with Crippen LogP contribution in [0.15, 0.2) is 59.8 Å². The second-order valence-corrected chi connectivity index (χ2v) is 11.0. The summed E-state index contributed by atoms with van der Waals surface area (Å²) in [5, 5.41) is 14.2. The fourth-order valence-corrected chi connectivity index (χ4v) is 4.34. The van der Waals surface area contributed by atoms with E-state index < -0.39 is 11.3 Å². The number of benzene rings is 2. The maximum atomic E-state index is 12.6. The molecule has 0 radical (unpaired) electrons. The van der Waals surface area contributed by atoms with E-state index in [0.29, 0.717) is 11.7 Å². The molecule has 7 nitrogen and oxygen atoms in total. The molecule has 2 N–H and O–H groups in total. The van der Waals surface area contributed by atoms with Gasteiger partial charge in [0.15, 0.2) is 11.0 Å². The summed E-state index contributed by atoms with van der Waals surface area (Å²) in [5.74, 6) is 0.388. The van der Waals surface area contributed by atoms with Gasteiger partial charge in [-0.25, -0.2) is 4.79 Å². The van der Waals surface area contributed by atoms with Gasteiger partial charge in [-0.3, -0.25) is 14.7 Å². The summed E-state index contributed by atoms with van der Waals surface area (Å²) in [6, 6.07) is 18.2. The van der Waals surface area contributed by atoms with E-state index in [1.54, 1.807) is 6.92 Å². The average molecular weight is 478 g/mol. The second-order valence-electron chi connectivity index (χ2n) is 9.70. The number of rotatable bonds is 7. The molecular weight excluding hydrogens is 446 g/mol. The van der Waals surface area contributed by atoms with Crippen molar-refractivity contribution < 1.29 is 9.59 Å². The van der Waals surface area contributed by atoms with Crippen LogP contribution in [-0.2, 0) is 16.8 Å². The van der Waals surface area contributed by atoms with Crippen molar-refractivity contribution in [3.05, 3.63) is 65.7 Å². The van der Waals surface area contributed by atoms with Crippen LogP contribution in [0.3, 0.4) is 0 Å². The zero-order valence-electron chi connectivity index (χ0n) is 20.0. The summed E-state index contributed by atoms with van der Waals surface area (Å²) >= 11 is 1.29. The van der Waals surface area contributed by atoms with E-state index in [2.05, 4.69) is 78.0 Å². The molecule has 1 aliphatic rings. The molecule has 0 aliphatic heterocycles. The Balaban J connectivity index is 1.57. The summed E-state index contributed by atoms with van der Waals surface area (Å²) in [4.78, 5) is 24.6. The van der Waals surface area contributed by atoms with Gasteiger partial charge in [-0.2, -0.15) is 0 Å². The molecule has 34 heavy (non-hydrogen) atoms. The van der Waals surface area contributed by atoms with Crippen LogP contribution in [0.4, 0.5) is 4.79 Å². The quantitative estimate of drug-likeness (QED) is 0.479. The highest BCUT2D eigenvalue weighted by atomic mass is 32.2. The summed E-state index contributed by atoms with van der Waals surface area (Å²) < 4.78 is 2.03. The van der Waals surface area contributed by atoms with Gasteiger partial charge in [-0.05, 0) is 36.3 Å². The van der Waals surface area contributed by atoms with Crippen molar-refractivity contribution in [3.8, 4) is 11.4 Å². The van der Waals surface area contributed by atoms with Crippen molar-refractivity contribution in [2.45, 2.75) is 68.9 Å². The second kappa shape index (κ2) is 10.0. The van der Waals surface area contributed by atoms with Crippen molar-refractivity contribution in [3.63, 3.8) is 0 Å². The van der Waals surface area contributed by atoms with Gasteiger partial charge in [-0.15, -0.1) is 10.2 Å². The van der Waals surface area contributed by atoms with Gasteiger partial charge < -0.3 is 5.32 Å². The number of carbonyl (C=O) groups excluding carboxylic acids is 2. The molecule has 3 aromatic rings. The molecule has 1 aliphatic carbocycles. The van der Waals surface area contributed by atoms with E-state index in [1.165, 1.54) is 17.3 Å². The smallest absolute Gasteiger partial charge is 0.321 e. The number of amides is 3. The summed E-state index contributed by atoms with van der Waals surface area (Å²) in [5.41, 5.74) is 3.38. The highest BCUT2D eigenvalue weighted by Gasteiger charge is 2.26. The Labute approximate surface area is 204 Å². The lowest BCUT2D eigenvalue weighted by atomic mass is 9.87. The third kappa shape index (κ3) is 6.05. The fourth-order valence-electron chi connectivity index (χ4n) is 3.49. The van der Waals surface area contributed by atoms with Crippen molar-refractivity contribution in [2.24, 2.45) is 0 Å². The Morgan fingerprint density at radius 2 is 1.74 bits per heavy atom. The zero-order valence-corrected chi connectivity index (χ0v) is 20.9. The molecule has 1 atom stereocenters. The lowest BCUT2D eigenvalue weighted by Crippen LogP contribution is -2.43. The largest absolute Gasteiger partial charge is 0.335 e. The zero-order chi connectivity index (χ0) is 24.3. The topological polar surface area (TPSA) is 88.9 Å². The standard InChI is InChI=1S/C26H31N5O2S/c1-17(23(32)28-24(33)27-21-14-15-21)34-25-30-29-22(31(25)16-18-8-6-5-7-9-18)19-10-12-20(13-11-19)26(2,3)4/h5-13,17,21H,14-16H2,1-4H3,(H2,27,28,32,33). The van der Waals surface area contributed by atoms with Crippen molar-refractivity contribution in [2.75, 3.05) is 0 Å². The van der Waals surface area contributed by atoms with Gasteiger partial charge in [-0.1, -0.05) is 87.1 Å². The molecule has 1 saturated carbocycles. The van der Waals surface area contributed by atoms with E-state index in [4.69, 9.17) is 0 Å². The molecule has 1 aromatic heterocycles. The summed E-state index contributed by atoms with van der Waals surface area (Å²) in [6.07, 6.45) is 1.93. The number of hydrogen-bond donors (Lipinski definition) is 2. The predicted molar refractivity (Wildman–Crippen MR) is 135 cm³/mol. The van der Waals surface area contributed by atoms with Crippen LogP contribution < -0.4 is 10.6 Å². The minimum atomic E-state index is -0.514. The summed E-state index contributed by atoms with van der Waals surface area (Å²) in [7, 11) is 0. The molecule has 178 valence electrons. The number of urea groups is 1. The third-order valence-corrected chi connectivity index (χ3v) is 6.79. The highest BCUT2D eigenvalue weighted by molar-refractivity contribution is 8.00. The van der Waals surface area contributed by atoms with Crippen molar-refractivity contribution >= 4 is 23.7 Å². The van der Waals surface area contributed by atoms with Gasteiger partial charge in [0.05, 0.1) is 11.8 Å². The van der Waals surface area contributed by atoms with Gasteiger partial charge in [0, 0.05) is 11.6 Å². The van der Waals surface area contributed by atoms with E-state index >= 15 is 0 Å². The molecule has 8 heteroatoms.